The molecular formula is C13H23NO3. The summed E-state index contributed by atoms with van der Waals surface area (Å²) in [7, 11) is 0. The Kier molecular flexibility index (Phi) is 6.01. The van der Waals surface area contributed by atoms with Gasteiger partial charge in [-0.2, -0.15) is 0 Å². The summed E-state index contributed by atoms with van der Waals surface area (Å²) in [5, 5.41) is 11.0. The Morgan fingerprint density at radius 3 is 2.47 bits per heavy atom. The number of carbonyl (C=O) groups excluding carboxylic acids is 1. The van der Waals surface area contributed by atoms with E-state index in [2.05, 4.69) is 5.32 Å². The second-order valence-corrected chi connectivity index (χ2v) is 4.96. The molecule has 0 aromatic heterocycles. The predicted molar refractivity (Wildman–Crippen MR) is 65.6 cm³/mol. The lowest BCUT2D eigenvalue weighted by Gasteiger charge is -2.25. The van der Waals surface area contributed by atoms with Gasteiger partial charge in [0.05, 0.1) is 0 Å². The summed E-state index contributed by atoms with van der Waals surface area (Å²) in [6, 6.07) is 0. The van der Waals surface area contributed by atoms with Crippen molar-refractivity contribution in [2.75, 3.05) is 6.54 Å². The summed E-state index contributed by atoms with van der Waals surface area (Å²) < 4.78 is 0. The van der Waals surface area contributed by atoms with Crippen LogP contribution in [0.4, 0.5) is 0 Å². The normalized spacial score (nSPS) is 18.6. The van der Waals surface area contributed by atoms with Crippen LogP contribution < -0.4 is 5.32 Å². The Balaban J connectivity index is 2.35. The minimum atomic E-state index is -0.981. The highest BCUT2D eigenvalue weighted by atomic mass is 16.4. The predicted octanol–water partition coefficient (Wildman–Crippen LogP) is 2.18. The van der Waals surface area contributed by atoms with Crippen LogP contribution in [0.5, 0.6) is 0 Å². The Bertz CT molecular complexity index is 259. The summed E-state index contributed by atoms with van der Waals surface area (Å²) in [6.45, 7) is 1.73. The van der Waals surface area contributed by atoms with Crippen LogP contribution in [0, 0.1) is 11.8 Å². The standard InChI is InChI=1S/C13H23NO3/c1-2-11(13(17)14-9-12(15)16)8-10-6-4-3-5-7-10/h10-11H,2-9H2,1H3,(H,14,17)(H,15,16). The first-order chi connectivity index (χ1) is 8.13. The molecule has 0 spiro atoms. The molecule has 0 aromatic carbocycles. The minimum Gasteiger partial charge on any atom is -0.480 e. The van der Waals surface area contributed by atoms with Crippen molar-refractivity contribution in [1.29, 1.82) is 0 Å². The molecule has 4 heteroatoms. The molecule has 1 saturated carbocycles. The second kappa shape index (κ2) is 7.30. The van der Waals surface area contributed by atoms with E-state index in [4.69, 9.17) is 5.11 Å². The van der Waals surface area contributed by atoms with E-state index < -0.39 is 5.97 Å². The zero-order valence-corrected chi connectivity index (χ0v) is 10.6. The van der Waals surface area contributed by atoms with Gasteiger partial charge in [0.1, 0.15) is 6.54 Å². The molecule has 1 aliphatic rings. The van der Waals surface area contributed by atoms with Gasteiger partial charge in [-0.25, -0.2) is 0 Å². The number of amides is 1. The van der Waals surface area contributed by atoms with Crippen LogP contribution in [0.3, 0.4) is 0 Å². The van der Waals surface area contributed by atoms with E-state index in [-0.39, 0.29) is 18.4 Å². The van der Waals surface area contributed by atoms with Crippen molar-refractivity contribution in [3.05, 3.63) is 0 Å². The van der Waals surface area contributed by atoms with Crippen molar-refractivity contribution in [2.45, 2.75) is 51.9 Å². The maximum absolute atomic E-state index is 11.8. The highest BCUT2D eigenvalue weighted by Crippen LogP contribution is 2.30. The number of aliphatic carboxylic acids is 1. The average Bonchev–Trinajstić information content (AvgIpc) is 2.34. The molecule has 0 heterocycles. The lowest BCUT2D eigenvalue weighted by Crippen LogP contribution is -2.35. The van der Waals surface area contributed by atoms with Gasteiger partial charge in [0.2, 0.25) is 5.91 Å². The second-order valence-electron chi connectivity index (χ2n) is 4.96. The molecule has 17 heavy (non-hydrogen) atoms. The average molecular weight is 241 g/mol. The SMILES string of the molecule is CCC(CC1CCCCC1)C(=O)NCC(=O)O. The first kappa shape index (κ1) is 14.0. The fourth-order valence-electron chi connectivity index (χ4n) is 2.59. The summed E-state index contributed by atoms with van der Waals surface area (Å²) >= 11 is 0. The highest BCUT2D eigenvalue weighted by Gasteiger charge is 2.23. The molecule has 0 bridgehead atoms. The zero-order valence-electron chi connectivity index (χ0n) is 10.6. The lowest BCUT2D eigenvalue weighted by atomic mass is 9.82. The number of hydrogen-bond acceptors (Lipinski definition) is 2. The molecule has 98 valence electrons. The summed E-state index contributed by atoms with van der Waals surface area (Å²) in [6.07, 6.45) is 8.03. The van der Waals surface area contributed by atoms with Gasteiger partial charge in [-0.05, 0) is 18.8 Å². The van der Waals surface area contributed by atoms with Crippen LogP contribution in [0.15, 0.2) is 0 Å². The van der Waals surface area contributed by atoms with Crippen LogP contribution in [-0.2, 0) is 9.59 Å². The quantitative estimate of drug-likeness (QED) is 0.749. The maximum atomic E-state index is 11.8. The molecule has 0 aromatic rings. The largest absolute Gasteiger partial charge is 0.480 e. The zero-order chi connectivity index (χ0) is 12.7. The number of nitrogens with one attached hydrogen (secondary N) is 1. The molecule has 1 atom stereocenters. The Hall–Kier alpha value is -1.06. The number of carboxylic acids is 1. The number of carbonyl (C=O) groups is 2. The van der Waals surface area contributed by atoms with E-state index in [1.807, 2.05) is 6.92 Å². The van der Waals surface area contributed by atoms with Crippen molar-refractivity contribution in [2.24, 2.45) is 11.8 Å². The third-order valence-electron chi connectivity index (χ3n) is 3.62. The summed E-state index contributed by atoms with van der Waals surface area (Å²) in [5.74, 6) is -0.437. The minimum absolute atomic E-state index is 0.0163. The first-order valence-electron chi connectivity index (χ1n) is 6.63. The molecule has 1 fully saturated rings. The van der Waals surface area contributed by atoms with Crippen LogP contribution in [0.25, 0.3) is 0 Å². The third-order valence-corrected chi connectivity index (χ3v) is 3.62. The fraction of sp³-hybridized carbons (Fsp3) is 0.846. The van der Waals surface area contributed by atoms with Crippen molar-refractivity contribution in [3.63, 3.8) is 0 Å². The van der Waals surface area contributed by atoms with E-state index in [0.29, 0.717) is 5.92 Å². The lowest BCUT2D eigenvalue weighted by molar-refractivity contribution is -0.138. The van der Waals surface area contributed by atoms with Gasteiger partial charge in [-0.3, -0.25) is 9.59 Å². The summed E-state index contributed by atoms with van der Waals surface area (Å²) in [4.78, 5) is 22.2. The van der Waals surface area contributed by atoms with E-state index in [1.54, 1.807) is 0 Å². The Labute approximate surface area is 103 Å². The molecular weight excluding hydrogens is 218 g/mol. The first-order valence-corrected chi connectivity index (χ1v) is 6.63. The van der Waals surface area contributed by atoms with Crippen molar-refractivity contribution in [1.82, 2.24) is 5.32 Å². The van der Waals surface area contributed by atoms with Crippen molar-refractivity contribution < 1.29 is 14.7 Å². The number of carboxylic acid groups (broad SMARTS) is 1. The van der Waals surface area contributed by atoms with E-state index in [0.717, 1.165) is 12.8 Å². The molecule has 1 aliphatic carbocycles. The smallest absolute Gasteiger partial charge is 0.322 e. The molecule has 1 amide bonds. The molecule has 4 nitrogen and oxygen atoms in total. The van der Waals surface area contributed by atoms with Crippen LogP contribution in [-0.4, -0.2) is 23.5 Å². The van der Waals surface area contributed by atoms with Gasteiger partial charge < -0.3 is 10.4 Å². The van der Waals surface area contributed by atoms with Crippen molar-refractivity contribution >= 4 is 11.9 Å². The van der Waals surface area contributed by atoms with Gasteiger partial charge in [0.15, 0.2) is 0 Å². The maximum Gasteiger partial charge on any atom is 0.322 e. The van der Waals surface area contributed by atoms with Gasteiger partial charge in [-0.15, -0.1) is 0 Å². The fourth-order valence-corrected chi connectivity index (χ4v) is 2.59. The molecule has 1 unspecified atom stereocenters. The van der Waals surface area contributed by atoms with Crippen LogP contribution in [0.1, 0.15) is 51.9 Å². The van der Waals surface area contributed by atoms with Crippen molar-refractivity contribution in [3.8, 4) is 0 Å². The molecule has 2 N–H and O–H groups in total. The molecule has 0 radical (unpaired) electrons. The van der Waals surface area contributed by atoms with Gasteiger partial charge in [0.25, 0.3) is 0 Å². The number of rotatable bonds is 6. The topological polar surface area (TPSA) is 66.4 Å². The Morgan fingerprint density at radius 2 is 1.94 bits per heavy atom. The third kappa shape index (κ3) is 5.20. The van der Waals surface area contributed by atoms with E-state index in [9.17, 15) is 9.59 Å². The van der Waals surface area contributed by atoms with Gasteiger partial charge >= 0.3 is 5.97 Å². The van der Waals surface area contributed by atoms with Gasteiger partial charge in [0, 0.05) is 5.92 Å². The van der Waals surface area contributed by atoms with Crippen LogP contribution >= 0.6 is 0 Å². The summed E-state index contributed by atoms with van der Waals surface area (Å²) in [5.41, 5.74) is 0. The molecule has 0 saturated heterocycles. The van der Waals surface area contributed by atoms with Gasteiger partial charge in [-0.1, -0.05) is 39.0 Å². The van der Waals surface area contributed by atoms with Crippen LogP contribution in [0.2, 0.25) is 0 Å². The Morgan fingerprint density at radius 1 is 1.29 bits per heavy atom. The molecule has 1 rings (SSSR count). The monoisotopic (exact) mass is 241 g/mol. The number of hydrogen-bond donors (Lipinski definition) is 2. The van der Waals surface area contributed by atoms with E-state index >= 15 is 0 Å². The molecule has 0 aliphatic heterocycles. The van der Waals surface area contributed by atoms with E-state index in [1.165, 1.54) is 32.1 Å². The highest BCUT2D eigenvalue weighted by molar-refractivity contribution is 5.82.